The molecule has 0 spiro atoms. The van der Waals surface area contributed by atoms with Crippen LogP contribution in [0.25, 0.3) is 0 Å². The first-order chi connectivity index (χ1) is 10.9. The summed E-state index contributed by atoms with van der Waals surface area (Å²) in [7, 11) is 3.49. The fraction of sp³-hybridized carbons (Fsp3) is 0.588. The Morgan fingerprint density at radius 2 is 2.00 bits per heavy atom. The van der Waals surface area contributed by atoms with Gasteiger partial charge in [0.1, 0.15) is 11.6 Å². The van der Waals surface area contributed by atoms with Crippen LogP contribution in [0.15, 0.2) is 18.2 Å². The number of amides is 1. The van der Waals surface area contributed by atoms with Gasteiger partial charge in [-0.3, -0.25) is 9.69 Å². The van der Waals surface area contributed by atoms with E-state index >= 15 is 0 Å². The van der Waals surface area contributed by atoms with Crippen LogP contribution in [-0.2, 0) is 16.1 Å². The molecule has 1 aromatic carbocycles. The summed E-state index contributed by atoms with van der Waals surface area (Å²) in [5.74, 6) is -1.20. The number of halogens is 2. The Balaban J connectivity index is 1.79. The minimum absolute atomic E-state index is 0.0241. The molecule has 2 saturated heterocycles. The van der Waals surface area contributed by atoms with Crippen molar-refractivity contribution >= 4 is 5.91 Å². The predicted octanol–water partition coefficient (Wildman–Crippen LogP) is 2.03. The quantitative estimate of drug-likeness (QED) is 0.853. The van der Waals surface area contributed by atoms with E-state index in [1.807, 2.05) is 0 Å². The van der Waals surface area contributed by atoms with Crippen LogP contribution in [0.3, 0.4) is 0 Å². The van der Waals surface area contributed by atoms with Crippen molar-refractivity contribution < 1.29 is 18.3 Å². The van der Waals surface area contributed by atoms with Crippen molar-refractivity contribution in [2.45, 2.75) is 31.5 Å². The van der Waals surface area contributed by atoms with Crippen molar-refractivity contribution in [2.75, 3.05) is 27.2 Å². The lowest BCUT2D eigenvalue weighted by atomic mass is 9.88. The number of likely N-dealkylation sites (tertiary alicyclic amines) is 1. The zero-order chi connectivity index (χ0) is 16.6. The van der Waals surface area contributed by atoms with Gasteiger partial charge >= 0.3 is 0 Å². The normalized spacial score (nSPS) is 27.7. The number of ether oxygens (including phenoxy) is 1. The standard InChI is InChI=1S/C17H22F2N2O2/c1-20(2)17(22)12-7-16-15(3-4-23-16)21(10-12)9-11-5-13(18)8-14(19)6-11/h5-6,8,12,15-16H,3-4,7,9-10H2,1-2H3/t12-,15+,16+/m0/s1. The first-order valence-corrected chi connectivity index (χ1v) is 7.96. The zero-order valence-electron chi connectivity index (χ0n) is 13.5. The van der Waals surface area contributed by atoms with Crippen molar-refractivity contribution in [3.8, 4) is 0 Å². The second-order valence-corrected chi connectivity index (χ2v) is 6.64. The lowest BCUT2D eigenvalue weighted by molar-refractivity contribution is -0.137. The number of carbonyl (C=O) groups is 1. The van der Waals surface area contributed by atoms with Crippen LogP contribution in [0.2, 0.25) is 0 Å². The van der Waals surface area contributed by atoms with Gasteiger partial charge in [-0.15, -0.1) is 0 Å². The average Bonchev–Trinajstić information content (AvgIpc) is 2.93. The van der Waals surface area contributed by atoms with Crippen molar-refractivity contribution in [3.05, 3.63) is 35.4 Å². The van der Waals surface area contributed by atoms with Crippen molar-refractivity contribution in [2.24, 2.45) is 5.92 Å². The smallest absolute Gasteiger partial charge is 0.226 e. The van der Waals surface area contributed by atoms with Gasteiger partial charge in [0, 0.05) is 45.9 Å². The zero-order valence-corrected chi connectivity index (χ0v) is 13.5. The number of hydrogen-bond acceptors (Lipinski definition) is 3. The van der Waals surface area contributed by atoms with Crippen molar-refractivity contribution in [1.29, 1.82) is 0 Å². The van der Waals surface area contributed by atoms with Gasteiger partial charge in [-0.05, 0) is 30.5 Å². The molecule has 2 fully saturated rings. The van der Waals surface area contributed by atoms with E-state index in [1.54, 1.807) is 19.0 Å². The van der Waals surface area contributed by atoms with Crippen LogP contribution in [0.1, 0.15) is 18.4 Å². The molecule has 0 unspecified atom stereocenters. The summed E-state index contributed by atoms with van der Waals surface area (Å²) >= 11 is 0. The van der Waals surface area contributed by atoms with E-state index in [0.717, 1.165) is 18.9 Å². The Morgan fingerprint density at radius 1 is 1.30 bits per heavy atom. The molecule has 126 valence electrons. The second-order valence-electron chi connectivity index (χ2n) is 6.64. The molecule has 0 N–H and O–H groups in total. The molecule has 2 heterocycles. The minimum atomic E-state index is -0.572. The molecule has 23 heavy (non-hydrogen) atoms. The van der Waals surface area contributed by atoms with Gasteiger partial charge in [0.25, 0.3) is 0 Å². The SMILES string of the molecule is CN(C)C(=O)[C@H]1C[C@H]2OCC[C@H]2N(Cc2cc(F)cc(F)c2)C1. The third-order valence-corrected chi connectivity index (χ3v) is 4.71. The summed E-state index contributed by atoms with van der Waals surface area (Å²) in [5.41, 5.74) is 0.589. The van der Waals surface area contributed by atoms with Gasteiger partial charge in [0.05, 0.1) is 12.0 Å². The van der Waals surface area contributed by atoms with Crippen LogP contribution in [0.5, 0.6) is 0 Å². The average molecular weight is 324 g/mol. The molecule has 0 saturated carbocycles. The monoisotopic (exact) mass is 324 g/mol. The number of benzene rings is 1. The molecule has 3 atom stereocenters. The fourth-order valence-corrected chi connectivity index (χ4v) is 3.72. The molecule has 4 nitrogen and oxygen atoms in total. The lowest BCUT2D eigenvalue weighted by Crippen LogP contribution is -2.52. The Labute approximate surface area is 135 Å². The Kier molecular flexibility index (Phi) is 4.64. The van der Waals surface area contributed by atoms with E-state index in [4.69, 9.17) is 4.74 Å². The molecule has 1 amide bonds. The molecule has 1 aromatic rings. The Bertz CT molecular complexity index is 574. The summed E-state index contributed by atoms with van der Waals surface area (Å²) in [5, 5.41) is 0. The molecule has 0 bridgehead atoms. The highest BCUT2D eigenvalue weighted by molar-refractivity contribution is 5.78. The molecule has 3 rings (SSSR count). The van der Waals surface area contributed by atoms with Gasteiger partial charge in [-0.1, -0.05) is 0 Å². The van der Waals surface area contributed by atoms with Crippen LogP contribution < -0.4 is 0 Å². The van der Waals surface area contributed by atoms with Crippen LogP contribution in [0.4, 0.5) is 8.78 Å². The maximum atomic E-state index is 13.4. The van der Waals surface area contributed by atoms with E-state index in [-0.39, 0.29) is 24.0 Å². The largest absolute Gasteiger partial charge is 0.377 e. The molecule has 0 aliphatic carbocycles. The second kappa shape index (κ2) is 6.53. The third kappa shape index (κ3) is 3.53. The van der Waals surface area contributed by atoms with E-state index < -0.39 is 11.6 Å². The number of piperidine rings is 1. The first kappa shape index (κ1) is 16.3. The minimum Gasteiger partial charge on any atom is -0.377 e. The number of hydrogen-bond donors (Lipinski definition) is 0. The molecule has 6 heteroatoms. The van der Waals surface area contributed by atoms with Crippen molar-refractivity contribution in [1.82, 2.24) is 9.80 Å². The first-order valence-electron chi connectivity index (χ1n) is 7.96. The van der Waals surface area contributed by atoms with Crippen LogP contribution >= 0.6 is 0 Å². The van der Waals surface area contributed by atoms with Gasteiger partial charge < -0.3 is 9.64 Å². The molecule has 0 radical (unpaired) electrons. The molecular weight excluding hydrogens is 302 g/mol. The van der Waals surface area contributed by atoms with Crippen LogP contribution in [0, 0.1) is 17.6 Å². The topological polar surface area (TPSA) is 32.8 Å². The fourth-order valence-electron chi connectivity index (χ4n) is 3.72. The van der Waals surface area contributed by atoms with Gasteiger partial charge in [-0.25, -0.2) is 8.78 Å². The van der Waals surface area contributed by atoms with Crippen LogP contribution in [-0.4, -0.2) is 55.1 Å². The summed E-state index contributed by atoms with van der Waals surface area (Å²) in [4.78, 5) is 16.1. The maximum Gasteiger partial charge on any atom is 0.226 e. The molecule has 0 aromatic heterocycles. The van der Waals surface area contributed by atoms with E-state index in [9.17, 15) is 13.6 Å². The highest BCUT2D eigenvalue weighted by Gasteiger charge is 2.42. The van der Waals surface area contributed by atoms with Gasteiger partial charge in [0.2, 0.25) is 5.91 Å². The summed E-state index contributed by atoms with van der Waals surface area (Å²) in [6, 6.07) is 3.79. The number of fused-ring (bicyclic) bond motifs is 1. The third-order valence-electron chi connectivity index (χ3n) is 4.71. The summed E-state index contributed by atoms with van der Waals surface area (Å²) in [6.45, 7) is 1.70. The molecule has 2 aliphatic heterocycles. The molecular formula is C17H22F2N2O2. The Morgan fingerprint density at radius 3 is 2.65 bits per heavy atom. The number of rotatable bonds is 3. The Hall–Kier alpha value is -1.53. The summed E-state index contributed by atoms with van der Waals surface area (Å²) < 4.78 is 32.6. The number of carbonyl (C=O) groups excluding carboxylic acids is 1. The van der Waals surface area contributed by atoms with E-state index in [0.29, 0.717) is 25.3 Å². The van der Waals surface area contributed by atoms with E-state index in [2.05, 4.69) is 4.90 Å². The highest BCUT2D eigenvalue weighted by Crippen LogP contribution is 2.33. The number of nitrogens with zero attached hydrogens (tertiary/aromatic N) is 2. The van der Waals surface area contributed by atoms with Gasteiger partial charge in [-0.2, -0.15) is 0 Å². The summed E-state index contributed by atoms with van der Waals surface area (Å²) in [6.07, 6.45) is 1.64. The van der Waals surface area contributed by atoms with Crippen molar-refractivity contribution in [3.63, 3.8) is 0 Å². The van der Waals surface area contributed by atoms with Gasteiger partial charge in [0.15, 0.2) is 0 Å². The predicted molar refractivity (Wildman–Crippen MR) is 81.7 cm³/mol. The molecule has 2 aliphatic rings. The van der Waals surface area contributed by atoms with E-state index in [1.165, 1.54) is 12.1 Å². The maximum absolute atomic E-state index is 13.4. The highest BCUT2D eigenvalue weighted by atomic mass is 19.1. The lowest BCUT2D eigenvalue weighted by Gasteiger charge is -2.41.